The predicted molar refractivity (Wildman–Crippen MR) is 87.3 cm³/mol. The van der Waals surface area contributed by atoms with Crippen LogP contribution in [0.3, 0.4) is 0 Å². The highest BCUT2D eigenvalue weighted by Crippen LogP contribution is 2.26. The number of hydrogen-bond donors (Lipinski definition) is 1. The van der Waals surface area contributed by atoms with Crippen LogP contribution < -0.4 is 5.32 Å². The highest BCUT2D eigenvalue weighted by molar-refractivity contribution is 5.82. The Balaban J connectivity index is 2.09. The molecule has 0 saturated heterocycles. The number of fused-ring (bicyclic) bond motifs is 1. The van der Waals surface area contributed by atoms with Gasteiger partial charge >= 0.3 is 0 Å². The Bertz CT molecular complexity index is 572. The molecule has 0 bridgehead atoms. The Morgan fingerprint density at radius 3 is 2.90 bits per heavy atom. The lowest BCUT2D eigenvalue weighted by Crippen LogP contribution is -2.22. The van der Waals surface area contributed by atoms with Gasteiger partial charge in [0.2, 0.25) is 0 Å². The van der Waals surface area contributed by atoms with Crippen LogP contribution in [-0.2, 0) is 17.9 Å². The fourth-order valence-electron chi connectivity index (χ4n) is 2.25. The zero-order chi connectivity index (χ0) is 15.1. The van der Waals surface area contributed by atoms with Gasteiger partial charge in [-0.25, -0.2) is 0 Å². The molecule has 1 aromatic carbocycles. The minimum Gasteiger partial charge on any atom is -0.459 e. The molecule has 114 valence electrons. The van der Waals surface area contributed by atoms with Crippen LogP contribution in [0.4, 0.5) is 0 Å². The van der Waals surface area contributed by atoms with Gasteiger partial charge in [-0.15, -0.1) is 6.58 Å². The number of benzene rings is 1. The third-order valence-electron chi connectivity index (χ3n) is 3.40. The summed E-state index contributed by atoms with van der Waals surface area (Å²) in [6.45, 7) is 10.1. The Morgan fingerprint density at radius 1 is 1.33 bits per heavy atom. The molecule has 0 radical (unpaired) electrons. The maximum absolute atomic E-state index is 5.97. The van der Waals surface area contributed by atoms with Crippen molar-refractivity contribution in [1.82, 2.24) is 5.32 Å². The molecule has 0 saturated carbocycles. The van der Waals surface area contributed by atoms with Gasteiger partial charge in [0.1, 0.15) is 11.3 Å². The summed E-state index contributed by atoms with van der Waals surface area (Å²) < 4.78 is 11.8. The van der Waals surface area contributed by atoms with E-state index in [1.54, 1.807) is 0 Å². The molecule has 3 heteroatoms. The van der Waals surface area contributed by atoms with E-state index in [9.17, 15) is 0 Å². The maximum Gasteiger partial charge on any atom is 0.134 e. The summed E-state index contributed by atoms with van der Waals surface area (Å²) in [5.41, 5.74) is 2.10. The van der Waals surface area contributed by atoms with Gasteiger partial charge in [-0.3, -0.25) is 0 Å². The maximum atomic E-state index is 5.97. The highest BCUT2D eigenvalue weighted by Gasteiger charge is 2.14. The number of furan rings is 1. The SMILES string of the molecule is C=CCCCOCc1c(CNC(C)C)oc2ccccc12. The predicted octanol–water partition coefficient (Wildman–Crippen LogP) is 4.41. The van der Waals surface area contributed by atoms with Crippen molar-refractivity contribution in [3.05, 3.63) is 48.2 Å². The second kappa shape index (κ2) is 8.01. The van der Waals surface area contributed by atoms with Crippen molar-refractivity contribution in [2.24, 2.45) is 0 Å². The average Bonchev–Trinajstić information content (AvgIpc) is 2.83. The smallest absolute Gasteiger partial charge is 0.134 e. The summed E-state index contributed by atoms with van der Waals surface area (Å²) in [4.78, 5) is 0. The van der Waals surface area contributed by atoms with Crippen molar-refractivity contribution in [2.45, 2.75) is 45.9 Å². The molecule has 21 heavy (non-hydrogen) atoms. The van der Waals surface area contributed by atoms with Gasteiger partial charge < -0.3 is 14.5 Å². The monoisotopic (exact) mass is 287 g/mol. The summed E-state index contributed by atoms with van der Waals surface area (Å²) in [6.07, 6.45) is 3.93. The van der Waals surface area contributed by atoms with Crippen molar-refractivity contribution in [3.63, 3.8) is 0 Å². The highest BCUT2D eigenvalue weighted by atomic mass is 16.5. The molecule has 0 fully saturated rings. The summed E-state index contributed by atoms with van der Waals surface area (Å²) in [6, 6.07) is 8.58. The summed E-state index contributed by atoms with van der Waals surface area (Å²) >= 11 is 0. The lowest BCUT2D eigenvalue weighted by Gasteiger charge is -2.08. The van der Waals surface area contributed by atoms with E-state index in [1.165, 1.54) is 0 Å². The molecule has 0 unspecified atom stereocenters. The topological polar surface area (TPSA) is 34.4 Å². The van der Waals surface area contributed by atoms with Crippen LogP contribution in [0.2, 0.25) is 0 Å². The van der Waals surface area contributed by atoms with Crippen LogP contribution in [0.25, 0.3) is 11.0 Å². The second-order valence-corrected chi connectivity index (χ2v) is 5.52. The largest absolute Gasteiger partial charge is 0.459 e. The number of para-hydroxylation sites is 1. The molecule has 0 spiro atoms. The van der Waals surface area contributed by atoms with E-state index in [-0.39, 0.29) is 0 Å². The summed E-state index contributed by atoms with van der Waals surface area (Å²) in [7, 11) is 0. The second-order valence-electron chi connectivity index (χ2n) is 5.52. The molecule has 0 amide bonds. The van der Waals surface area contributed by atoms with Crippen molar-refractivity contribution < 1.29 is 9.15 Å². The quantitative estimate of drug-likeness (QED) is 0.548. The van der Waals surface area contributed by atoms with Crippen molar-refractivity contribution >= 4 is 11.0 Å². The fourth-order valence-corrected chi connectivity index (χ4v) is 2.25. The molecular formula is C18H25NO2. The zero-order valence-electron chi connectivity index (χ0n) is 13.0. The Labute approximate surface area is 127 Å². The molecule has 2 rings (SSSR count). The van der Waals surface area contributed by atoms with Crippen molar-refractivity contribution in [2.75, 3.05) is 6.61 Å². The third-order valence-corrected chi connectivity index (χ3v) is 3.40. The van der Waals surface area contributed by atoms with E-state index in [0.29, 0.717) is 12.6 Å². The van der Waals surface area contributed by atoms with Crippen molar-refractivity contribution in [1.29, 1.82) is 0 Å². The van der Waals surface area contributed by atoms with E-state index in [4.69, 9.17) is 9.15 Å². The standard InChI is InChI=1S/C18H25NO2/c1-4-5-8-11-20-13-16-15-9-6-7-10-17(15)21-18(16)12-19-14(2)3/h4,6-7,9-10,14,19H,1,5,8,11-13H2,2-3H3. The first kappa shape index (κ1) is 15.8. The molecule has 1 N–H and O–H groups in total. The molecule has 0 aliphatic carbocycles. The lowest BCUT2D eigenvalue weighted by molar-refractivity contribution is 0.118. The minimum absolute atomic E-state index is 0.430. The van der Waals surface area contributed by atoms with Gasteiger partial charge in [0, 0.05) is 23.6 Å². The van der Waals surface area contributed by atoms with Gasteiger partial charge in [-0.05, 0) is 18.9 Å². The van der Waals surface area contributed by atoms with Crippen LogP contribution in [0, 0.1) is 0 Å². The van der Waals surface area contributed by atoms with Gasteiger partial charge in [0.05, 0.1) is 13.2 Å². The van der Waals surface area contributed by atoms with Gasteiger partial charge in [0.15, 0.2) is 0 Å². The van der Waals surface area contributed by atoms with E-state index >= 15 is 0 Å². The first-order valence-corrected chi connectivity index (χ1v) is 7.63. The lowest BCUT2D eigenvalue weighted by atomic mass is 10.1. The summed E-state index contributed by atoms with van der Waals surface area (Å²) in [5.74, 6) is 0.980. The first-order chi connectivity index (χ1) is 10.2. The van der Waals surface area contributed by atoms with E-state index in [2.05, 4.69) is 31.8 Å². The molecule has 0 atom stereocenters. The fraction of sp³-hybridized carbons (Fsp3) is 0.444. The number of unbranched alkanes of at least 4 members (excludes halogenated alkanes) is 1. The van der Waals surface area contributed by atoms with Gasteiger partial charge in [0.25, 0.3) is 0 Å². The molecule has 0 aliphatic rings. The van der Waals surface area contributed by atoms with Gasteiger partial charge in [-0.2, -0.15) is 0 Å². The van der Waals surface area contributed by atoms with E-state index < -0.39 is 0 Å². The van der Waals surface area contributed by atoms with E-state index in [0.717, 1.165) is 48.3 Å². The molecule has 3 nitrogen and oxygen atoms in total. The minimum atomic E-state index is 0.430. The average molecular weight is 287 g/mol. The van der Waals surface area contributed by atoms with E-state index in [1.807, 2.05) is 24.3 Å². The molecule has 0 aliphatic heterocycles. The molecular weight excluding hydrogens is 262 g/mol. The Hall–Kier alpha value is -1.58. The first-order valence-electron chi connectivity index (χ1n) is 7.63. The van der Waals surface area contributed by atoms with Crippen LogP contribution in [0.1, 0.15) is 38.0 Å². The molecule has 1 aromatic heterocycles. The number of allylic oxidation sites excluding steroid dienone is 1. The van der Waals surface area contributed by atoms with Crippen molar-refractivity contribution in [3.8, 4) is 0 Å². The Morgan fingerprint density at radius 2 is 2.14 bits per heavy atom. The van der Waals surface area contributed by atoms with Crippen LogP contribution in [0.5, 0.6) is 0 Å². The van der Waals surface area contributed by atoms with Crippen LogP contribution in [0.15, 0.2) is 41.3 Å². The molecule has 2 aromatic rings. The van der Waals surface area contributed by atoms with Crippen LogP contribution >= 0.6 is 0 Å². The number of rotatable bonds is 9. The Kier molecular flexibility index (Phi) is 6.03. The summed E-state index contributed by atoms with van der Waals surface area (Å²) in [5, 5.41) is 4.57. The zero-order valence-corrected chi connectivity index (χ0v) is 13.0. The number of hydrogen-bond acceptors (Lipinski definition) is 3. The molecule has 1 heterocycles. The van der Waals surface area contributed by atoms with Crippen LogP contribution in [-0.4, -0.2) is 12.6 Å². The van der Waals surface area contributed by atoms with Gasteiger partial charge in [-0.1, -0.05) is 38.1 Å². The number of nitrogens with one attached hydrogen (secondary N) is 1. The third kappa shape index (κ3) is 4.45. The normalized spacial score (nSPS) is 11.4. The number of ether oxygens (including phenoxy) is 1.